The molecule has 2 atom stereocenters. The van der Waals surface area contributed by atoms with Gasteiger partial charge in [-0.3, -0.25) is 9.69 Å². The molecule has 4 aromatic rings. The molecule has 6 heteroatoms. The van der Waals surface area contributed by atoms with Gasteiger partial charge in [-0.05, 0) is 53.4 Å². The van der Waals surface area contributed by atoms with Crippen molar-refractivity contribution in [3.63, 3.8) is 0 Å². The van der Waals surface area contributed by atoms with Crippen molar-refractivity contribution >= 4 is 16.7 Å². The van der Waals surface area contributed by atoms with E-state index in [4.69, 9.17) is 9.51 Å². The monoisotopic (exact) mass is 454 g/mol. The van der Waals surface area contributed by atoms with Crippen molar-refractivity contribution in [3.05, 3.63) is 83.7 Å². The van der Waals surface area contributed by atoms with Gasteiger partial charge in [0.05, 0.1) is 6.04 Å². The van der Waals surface area contributed by atoms with Crippen molar-refractivity contribution in [2.45, 2.75) is 44.7 Å². The van der Waals surface area contributed by atoms with Gasteiger partial charge in [-0.15, -0.1) is 0 Å². The van der Waals surface area contributed by atoms with Crippen LogP contribution in [0.1, 0.15) is 55.0 Å². The van der Waals surface area contributed by atoms with Crippen molar-refractivity contribution in [2.24, 2.45) is 0 Å². The molecule has 174 valence electrons. The van der Waals surface area contributed by atoms with Gasteiger partial charge in [0, 0.05) is 23.7 Å². The standard InChI is InChI=1S/C28H30N4O2/c1-28(2,3)22-13-11-19(12-14-22)26(33)29-23-16-24(32(4)17-23)27-30-25(31-34-27)21-10-9-18-7-5-6-8-20(18)15-21/h5-15,23-24H,16-17H2,1-4H3,(H,29,33)/t23-,24+/m1/s1. The lowest BCUT2D eigenvalue weighted by Gasteiger charge is -2.19. The molecule has 0 saturated carbocycles. The molecule has 0 unspecified atom stereocenters. The molecule has 1 aliphatic rings. The largest absolute Gasteiger partial charge is 0.348 e. The van der Waals surface area contributed by atoms with E-state index in [2.05, 4.69) is 60.4 Å². The summed E-state index contributed by atoms with van der Waals surface area (Å²) in [6, 6.07) is 22.2. The third-order valence-electron chi connectivity index (χ3n) is 6.63. The van der Waals surface area contributed by atoms with E-state index in [-0.39, 0.29) is 23.4 Å². The second-order valence-corrected chi connectivity index (χ2v) is 10.2. The van der Waals surface area contributed by atoms with Crippen LogP contribution >= 0.6 is 0 Å². The van der Waals surface area contributed by atoms with Gasteiger partial charge in [-0.1, -0.05) is 74.5 Å². The summed E-state index contributed by atoms with van der Waals surface area (Å²) in [6.45, 7) is 7.22. The number of likely N-dealkylation sites (N-methyl/N-ethyl adjacent to an activating group) is 1. The molecule has 2 heterocycles. The SMILES string of the molecule is CN1C[C@H](NC(=O)c2ccc(C(C)(C)C)cc2)C[C@H]1c1nc(-c2ccc3ccccc3c2)no1. The van der Waals surface area contributed by atoms with Crippen molar-refractivity contribution in [3.8, 4) is 11.4 Å². The summed E-state index contributed by atoms with van der Waals surface area (Å²) in [7, 11) is 2.02. The number of carbonyl (C=O) groups excluding carboxylic acids is 1. The Kier molecular flexibility index (Phi) is 5.70. The van der Waals surface area contributed by atoms with Gasteiger partial charge < -0.3 is 9.84 Å². The Morgan fingerprint density at radius 3 is 2.50 bits per heavy atom. The average Bonchev–Trinajstić information content (AvgIpc) is 3.45. The fourth-order valence-electron chi connectivity index (χ4n) is 4.60. The van der Waals surface area contributed by atoms with Crippen LogP contribution in [0.4, 0.5) is 0 Å². The van der Waals surface area contributed by atoms with Crippen molar-refractivity contribution in [1.82, 2.24) is 20.4 Å². The van der Waals surface area contributed by atoms with Crippen LogP contribution in [0.5, 0.6) is 0 Å². The fourth-order valence-corrected chi connectivity index (χ4v) is 4.60. The van der Waals surface area contributed by atoms with Gasteiger partial charge >= 0.3 is 0 Å². The highest BCUT2D eigenvalue weighted by Gasteiger charge is 2.35. The van der Waals surface area contributed by atoms with Crippen molar-refractivity contribution in [1.29, 1.82) is 0 Å². The minimum Gasteiger partial charge on any atom is -0.348 e. The van der Waals surface area contributed by atoms with E-state index in [0.29, 0.717) is 17.3 Å². The predicted octanol–water partition coefficient (Wildman–Crippen LogP) is 5.36. The summed E-state index contributed by atoms with van der Waals surface area (Å²) in [5.41, 5.74) is 2.88. The van der Waals surface area contributed by atoms with Crippen LogP contribution in [0, 0.1) is 0 Å². The Balaban J connectivity index is 1.26. The second-order valence-electron chi connectivity index (χ2n) is 10.2. The number of hydrogen-bond donors (Lipinski definition) is 1. The van der Waals surface area contributed by atoms with Gasteiger partial charge in [-0.2, -0.15) is 4.98 Å². The van der Waals surface area contributed by atoms with Crippen LogP contribution in [-0.4, -0.2) is 40.6 Å². The van der Waals surface area contributed by atoms with E-state index >= 15 is 0 Å². The molecule has 1 amide bonds. The number of amides is 1. The number of hydrogen-bond acceptors (Lipinski definition) is 5. The van der Waals surface area contributed by atoms with Crippen LogP contribution in [0.15, 0.2) is 71.3 Å². The van der Waals surface area contributed by atoms with Crippen molar-refractivity contribution < 1.29 is 9.32 Å². The summed E-state index contributed by atoms with van der Waals surface area (Å²) >= 11 is 0. The maximum atomic E-state index is 12.8. The minimum atomic E-state index is -0.0538. The highest BCUT2D eigenvalue weighted by molar-refractivity contribution is 5.94. The molecular weight excluding hydrogens is 424 g/mol. The quantitative estimate of drug-likeness (QED) is 0.449. The number of aromatic nitrogens is 2. The minimum absolute atomic E-state index is 0.0146. The molecule has 1 N–H and O–H groups in total. The molecule has 1 aromatic heterocycles. The zero-order valence-corrected chi connectivity index (χ0v) is 20.1. The van der Waals surface area contributed by atoms with Gasteiger partial charge in [0.25, 0.3) is 5.91 Å². The van der Waals surface area contributed by atoms with Gasteiger partial charge in [-0.25, -0.2) is 0 Å². The molecule has 0 radical (unpaired) electrons. The molecule has 0 bridgehead atoms. The molecule has 0 aliphatic carbocycles. The van der Waals surface area contributed by atoms with Crippen LogP contribution in [0.2, 0.25) is 0 Å². The van der Waals surface area contributed by atoms with E-state index in [9.17, 15) is 4.79 Å². The zero-order chi connectivity index (χ0) is 23.9. The average molecular weight is 455 g/mol. The lowest BCUT2D eigenvalue weighted by Crippen LogP contribution is -2.36. The summed E-state index contributed by atoms with van der Waals surface area (Å²) in [5, 5.41) is 9.72. The molecule has 0 spiro atoms. The number of benzene rings is 3. The first-order valence-corrected chi connectivity index (χ1v) is 11.7. The van der Waals surface area contributed by atoms with Crippen LogP contribution in [0.3, 0.4) is 0 Å². The second kappa shape index (κ2) is 8.69. The summed E-state index contributed by atoms with van der Waals surface area (Å²) in [4.78, 5) is 19.7. The highest BCUT2D eigenvalue weighted by atomic mass is 16.5. The third kappa shape index (κ3) is 4.46. The molecule has 1 fully saturated rings. The van der Waals surface area contributed by atoms with Crippen molar-refractivity contribution in [2.75, 3.05) is 13.6 Å². The maximum Gasteiger partial charge on any atom is 0.251 e. The molecule has 1 aliphatic heterocycles. The Morgan fingerprint density at radius 2 is 1.76 bits per heavy atom. The lowest BCUT2D eigenvalue weighted by atomic mass is 9.86. The van der Waals surface area contributed by atoms with E-state index in [1.54, 1.807) is 0 Å². The van der Waals surface area contributed by atoms with Crippen LogP contribution in [-0.2, 0) is 5.41 Å². The summed E-state index contributed by atoms with van der Waals surface area (Å²) in [6.07, 6.45) is 0.724. The highest BCUT2D eigenvalue weighted by Crippen LogP contribution is 2.32. The summed E-state index contributed by atoms with van der Waals surface area (Å²) < 4.78 is 5.65. The zero-order valence-electron chi connectivity index (χ0n) is 20.1. The van der Waals surface area contributed by atoms with E-state index < -0.39 is 0 Å². The van der Waals surface area contributed by atoms with Gasteiger partial charge in [0.15, 0.2) is 0 Å². The Hall–Kier alpha value is -3.51. The van der Waals surface area contributed by atoms with Gasteiger partial charge in [0.2, 0.25) is 11.7 Å². The molecule has 5 rings (SSSR count). The Labute approximate surface area is 200 Å². The van der Waals surface area contributed by atoms with E-state index in [1.807, 2.05) is 49.5 Å². The van der Waals surface area contributed by atoms with Gasteiger partial charge in [0.1, 0.15) is 0 Å². The molecule has 34 heavy (non-hydrogen) atoms. The number of nitrogens with zero attached hydrogens (tertiary/aromatic N) is 3. The molecule has 6 nitrogen and oxygen atoms in total. The number of fused-ring (bicyclic) bond motifs is 1. The van der Waals surface area contributed by atoms with E-state index in [1.165, 1.54) is 10.9 Å². The first-order chi connectivity index (χ1) is 16.3. The van der Waals surface area contributed by atoms with E-state index in [0.717, 1.165) is 23.9 Å². The number of rotatable bonds is 4. The molecule has 3 aromatic carbocycles. The van der Waals surface area contributed by atoms with Crippen LogP contribution < -0.4 is 5.32 Å². The topological polar surface area (TPSA) is 71.3 Å². The lowest BCUT2D eigenvalue weighted by molar-refractivity contribution is 0.0938. The first kappa shape index (κ1) is 22.3. The Bertz CT molecular complexity index is 1320. The third-order valence-corrected chi connectivity index (χ3v) is 6.63. The maximum absolute atomic E-state index is 12.8. The summed E-state index contributed by atoms with van der Waals surface area (Å²) in [5.74, 6) is 1.11. The molecular formula is C28H30N4O2. The molecule has 1 saturated heterocycles. The number of carbonyl (C=O) groups is 1. The first-order valence-electron chi connectivity index (χ1n) is 11.7. The normalized spacial score (nSPS) is 18.9. The van der Waals surface area contributed by atoms with Crippen LogP contribution in [0.25, 0.3) is 22.2 Å². The Morgan fingerprint density at radius 1 is 1.03 bits per heavy atom. The fraction of sp³-hybridized carbons (Fsp3) is 0.321. The predicted molar refractivity (Wildman–Crippen MR) is 134 cm³/mol. The smallest absolute Gasteiger partial charge is 0.251 e. The number of likely N-dealkylation sites (tertiary alicyclic amines) is 1. The number of nitrogens with one attached hydrogen (secondary N) is 1.